The first-order valence-electron chi connectivity index (χ1n) is 6.79. The van der Waals surface area contributed by atoms with E-state index in [4.69, 9.17) is 0 Å². The van der Waals surface area contributed by atoms with Gasteiger partial charge in [0, 0.05) is 24.3 Å². The second-order valence-corrected chi connectivity index (χ2v) is 5.00. The normalized spacial score (nSPS) is 11.4. The van der Waals surface area contributed by atoms with Crippen molar-refractivity contribution in [3.05, 3.63) is 60.2 Å². The molecule has 0 saturated carbocycles. The summed E-state index contributed by atoms with van der Waals surface area (Å²) in [5.41, 5.74) is -1.43. The molecule has 0 fully saturated rings. The Labute approximate surface area is 174 Å². The lowest BCUT2D eigenvalue weighted by Gasteiger charge is -2.05. The van der Waals surface area contributed by atoms with E-state index in [0.717, 1.165) is 24.3 Å². The van der Waals surface area contributed by atoms with Crippen molar-refractivity contribution >= 4 is 0 Å². The number of hydrogen-bond donors (Lipinski definition) is 0. The molecular weight excluding hydrogens is 576 g/mol. The highest BCUT2D eigenvalue weighted by molar-refractivity contribution is 5.11. The molecule has 0 saturated heterocycles. The van der Waals surface area contributed by atoms with Gasteiger partial charge in [-0.05, 0) is 0 Å². The van der Waals surface area contributed by atoms with Crippen molar-refractivity contribution in [3.63, 3.8) is 0 Å². The van der Waals surface area contributed by atoms with Crippen molar-refractivity contribution in [3.8, 4) is 0 Å². The van der Waals surface area contributed by atoms with Gasteiger partial charge in [0.05, 0.1) is 17.5 Å². The second-order valence-electron chi connectivity index (χ2n) is 5.00. The minimum atomic E-state index is -4.37. The molecule has 2 rings (SSSR count). The summed E-state index contributed by atoms with van der Waals surface area (Å²) in [5, 5.41) is 0. The Morgan fingerprint density at radius 1 is 0.600 bits per heavy atom. The maximum absolute atomic E-state index is 12.4. The molecule has 0 N–H and O–H groups in total. The van der Waals surface area contributed by atoms with E-state index >= 15 is 0 Å². The van der Waals surface area contributed by atoms with E-state index in [0.29, 0.717) is 19.5 Å². The Balaban J connectivity index is 0.00000288. The number of aryl methyl sites for hydroxylation is 2. The molecule has 0 radical (unpaired) electrons. The number of hydrogen-bond acceptors (Lipinski definition) is 0. The van der Waals surface area contributed by atoms with Gasteiger partial charge in [-0.25, -0.2) is 9.13 Å². The molecule has 0 aliphatic carbocycles. The first kappa shape index (κ1) is 24.3. The molecule has 2 aromatic rings. The van der Waals surface area contributed by atoms with E-state index in [1.165, 1.54) is 24.8 Å². The molecule has 0 aromatic carbocycles. The number of aromatic nitrogens is 2. The highest BCUT2D eigenvalue weighted by atomic mass is 127. The third-order valence-electron chi connectivity index (χ3n) is 3.27. The van der Waals surface area contributed by atoms with E-state index in [1.54, 1.807) is 9.13 Å². The van der Waals surface area contributed by atoms with Crippen LogP contribution in [0.25, 0.3) is 0 Å². The maximum atomic E-state index is 12.4. The number of nitrogens with zero attached hydrogens (tertiary/aromatic N) is 2. The molecule has 2 nitrogen and oxygen atoms in total. The number of alkyl halides is 6. The van der Waals surface area contributed by atoms with Gasteiger partial charge in [0.15, 0.2) is 37.9 Å². The van der Waals surface area contributed by atoms with Gasteiger partial charge < -0.3 is 48.0 Å². The highest BCUT2D eigenvalue weighted by Crippen LogP contribution is 2.28. The molecule has 140 valence electrons. The van der Waals surface area contributed by atoms with Crippen molar-refractivity contribution in [2.75, 3.05) is 0 Å². The van der Waals surface area contributed by atoms with Crippen LogP contribution >= 0.6 is 0 Å². The smallest absolute Gasteiger partial charge is 0.416 e. The number of halogens is 8. The quantitative estimate of drug-likeness (QED) is 0.210. The van der Waals surface area contributed by atoms with Crippen LogP contribution in [0.2, 0.25) is 0 Å². The lowest BCUT2D eigenvalue weighted by atomic mass is 10.2. The fourth-order valence-electron chi connectivity index (χ4n) is 2.03. The van der Waals surface area contributed by atoms with Crippen LogP contribution in [0.1, 0.15) is 17.5 Å². The second kappa shape index (κ2) is 9.88. The highest BCUT2D eigenvalue weighted by Gasteiger charge is 2.32. The van der Waals surface area contributed by atoms with E-state index < -0.39 is 23.5 Å². The van der Waals surface area contributed by atoms with Crippen molar-refractivity contribution < 1.29 is 83.4 Å². The van der Waals surface area contributed by atoms with Crippen LogP contribution in [0, 0.1) is 0 Å². The summed E-state index contributed by atoms with van der Waals surface area (Å²) in [7, 11) is 0. The molecule has 10 heteroatoms. The summed E-state index contributed by atoms with van der Waals surface area (Å²) in [6.07, 6.45) is -2.82. The van der Waals surface area contributed by atoms with Gasteiger partial charge in [-0.2, -0.15) is 26.3 Å². The monoisotopic (exact) mass is 590 g/mol. The fourth-order valence-corrected chi connectivity index (χ4v) is 2.03. The molecule has 0 spiro atoms. The molecular formula is C15H14F6I2N2. The van der Waals surface area contributed by atoms with Crippen LogP contribution in [0.3, 0.4) is 0 Å². The van der Waals surface area contributed by atoms with Crippen LogP contribution in [-0.2, 0) is 25.4 Å². The van der Waals surface area contributed by atoms with Gasteiger partial charge in [-0.3, -0.25) is 0 Å². The topological polar surface area (TPSA) is 7.76 Å². The average molecular weight is 590 g/mol. The van der Waals surface area contributed by atoms with Crippen molar-refractivity contribution in [1.29, 1.82) is 0 Å². The largest absolute Gasteiger partial charge is 1.00 e. The Bertz CT molecular complexity index is 582. The first-order valence-corrected chi connectivity index (χ1v) is 6.79. The van der Waals surface area contributed by atoms with E-state index in [-0.39, 0.29) is 48.0 Å². The third-order valence-corrected chi connectivity index (χ3v) is 3.27. The van der Waals surface area contributed by atoms with Gasteiger partial charge in [0.2, 0.25) is 0 Å². The molecule has 25 heavy (non-hydrogen) atoms. The van der Waals surface area contributed by atoms with E-state index in [9.17, 15) is 26.3 Å². The summed E-state index contributed by atoms with van der Waals surface area (Å²) in [5.74, 6) is 0. The minimum absolute atomic E-state index is 0. The molecule has 0 bridgehead atoms. The van der Waals surface area contributed by atoms with Crippen LogP contribution in [-0.4, -0.2) is 0 Å². The Morgan fingerprint density at radius 2 is 0.880 bits per heavy atom. The molecule has 0 atom stereocenters. The SMILES string of the molecule is FC(F)(F)c1cc[n+](CCC[n+]2ccc(C(F)(F)F)cc2)cc1.[I-].[I-]. The number of rotatable bonds is 4. The average Bonchev–Trinajstić information content (AvgIpc) is 2.46. The molecule has 2 heterocycles. The van der Waals surface area contributed by atoms with Crippen molar-refractivity contribution in [2.45, 2.75) is 31.9 Å². The molecule has 0 amide bonds. The van der Waals surface area contributed by atoms with Crippen LogP contribution in [0.15, 0.2) is 49.1 Å². The predicted molar refractivity (Wildman–Crippen MR) is 67.9 cm³/mol. The lowest BCUT2D eigenvalue weighted by molar-refractivity contribution is -0.727. The van der Waals surface area contributed by atoms with Crippen LogP contribution in [0.5, 0.6) is 0 Å². The zero-order valence-corrected chi connectivity index (χ0v) is 17.0. The fraction of sp³-hybridized carbons (Fsp3) is 0.333. The molecule has 0 aliphatic heterocycles. The third kappa shape index (κ3) is 7.62. The van der Waals surface area contributed by atoms with Gasteiger partial charge >= 0.3 is 12.4 Å². The van der Waals surface area contributed by atoms with Crippen LogP contribution < -0.4 is 57.1 Å². The zero-order valence-electron chi connectivity index (χ0n) is 12.7. The maximum Gasteiger partial charge on any atom is 0.416 e. The van der Waals surface area contributed by atoms with Crippen LogP contribution in [0.4, 0.5) is 26.3 Å². The minimum Gasteiger partial charge on any atom is -1.00 e. The Kier molecular flexibility index (Phi) is 9.62. The van der Waals surface area contributed by atoms with Gasteiger partial charge in [0.1, 0.15) is 0 Å². The van der Waals surface area contributed by atoms with Crippen molar-refractivity contribution in [1.82, 2.24) is 0 Å². The van der Waals surface area contributed by atoms with Gasteiger partial charge in [-0.1, -0.05) is 0 Å². The summed E-state index contributed by atoms with van der Waals surface area (Å²) in [6.45, 7) is 0.929. The lowest BCUT2D eigenvalue weighted by Crippen LogP contribution is -3.00. The van der Waals surface area contributed by atoms with Gasteiger partial charge in [0.25, 0.3) is 0 Å². The number of pyridine rings is 2. The van der Waals surface area contributed by atoms with Crippen molar-refractivity contribution in [2.24, 2.45) is 0 Å². The zero-order chi connectivity index (χ0) is 17.1. The standard InChI is InChI=1S/C15H14F6N2.2HI/c16-14(17,18)12-2-8-22(9-3-12)6-1-7-23-10-4-13(5-11-23)15(19,20)21;;/h2-5,8-11H,1,6-7H2;2*1H/q+2;;/p-2. The Morgan fingerprint density at radius 3 is 1.12 bits per heavy atom. The Hall–Kier alpha value is -0.660. The van der Waals surface area contributed by atoms with Gasteiger partial charge in [-0.15, -0.1) is 0 Å². The summed E-state index contributed by atoms with van der Waals surface area (Å²) in [6, 6.07) is 3.97. The molecule has 0 aliphatic rings. The summed E-state index contributed by atoms with van der Waals surface area (Å²) < 4.78 is 77.7. The van der Waals surface area contributed by atoms with E-state index in [1.807, 2.05) is 0 Å². The first-order chi connectivity index (χ1) is 10.7. The summed E-state index contributed by atoms with van der Waals surface area (Å²) in [4.78, 5) is 0. The predicted octanol–water partition coefficient (Wildman–Crippen LogP) is -2.60. The summed E-state index contributed by atoms with van der Waals surface area (Å²) >= 11 is 0. The molecule has 0 unspecified atom stereocenters. The molecule has 2 aromatic heterocycles. The van der Waals surface area contributed by atoms with E-state index in [2.05, 4.69) is 0 Å².